The number of benzene rings is 1. The number of aliphatic imine (C=N–C) groups is 1. The van der Waals surface area contributed by atoms with Crippen molar-refractivity contribution >= 4 is 41.5 Å². The number of rotatable bonds is 6. The second-order valence-corrected chi connectivity index (χ2v) is 8.01. The number of likely N-dealkylation sites (tertiary alicyclic amines) is 1. The molecule has 2 aromatic rings. The van der Waals surface area contributed by atoms with E-state index in [0.29, 0.717) is 35.4 Å². The second kappa shape index (κ2) is 10.1. The molecule has 9 heteroatoms. The molecule has 4 rings (SSSR count). The highest BCUT2D eigenvalue weighted by atomic mass is 127. The highest BCUT2D eigenvalue weighted by Gasteiger charge is 2.38. The predicted molar refractivity (Wildman–Crippen MR) is 126 cm³/mol. The molecule has 2 fully saturated rings. The van der Waals surface area contributed by atoms with Crippen LogP contribution in [-0.4, -0.2) is 52.2 Å². The first-order chi connectivity index (χ1) is 13.6. The van der Waals surface area contributed by atoms with Gasteiger partial charge in [0.05, 0.1) is 0 Å². The van der Waals surface area contributed by atoms with Gasteiger partial charge in [-0.25, -0.2) is 4.99 Å². The smallest absolute Gasteiger partial charge is 0.248 e. The van der Waals surface area contributed by atoms with Gasteiger partial charge in [-0.3, -0.25) is 4.90 Å². The number of hydrogen-bond acceptors (Lipinski definition) is 5. The molecule has 2 heterocycles. The van der Waals surface area contributed by atoms with Crippen molar-refractivity contribution in [2.45, 2.75) is 57.8 Å². The molecule has 0 radical (unpaired) electrons. The number of halogens is 2. The molecule has 2 unspecified atom stereocenters. The molecule has 1 aromatic carbocycles. The average Bonchev–Trinajstić information content (AvgIpc) is 3.29. The van der Waals surface area contributed by atoms with Gasteiger partial charge in [-0.2, -0.15) is 4.98 Å². The zero-order chi connectivity index (χ0) is 19.5. The summed E-state index contributed by atoms with van der Waals surface area (Å²) >= 11 is 6.04. The molecule has 1 aromatic heterocycles. The predicted octanol–water partition coefficient (Wildman–Crippen LogP) is 3.69. The third-order valence-electron chi connectivity index (χ3n) is 5.25. The molecule has 7 nitrogen and oxygen atoms in total. The number of nitrogens with one attached hydrogen (secondary N) is 2. The Morgan fingerprint density at radius 1 is 1.38 bits per heavy atom. The minimum absolute atomic E-state index is 0. The molecule has 0 bridgehead atoms. The van der Waals surface area contributed by atoms with E-state index in [9.17, 15) is 0 Å². The Hall–Kier alpha value is -1.39. The van der Waals surface area contributed by atoms with Crippen LogP contribution in [0.1, 0.15) is 39.0 Å². The molecule has 1 aliphatic heterocycles. The summed E-state index contributed by atoms with van der Waals surface area (Å²) in [5.41, 5.74) is 0.830. The Morgan fingerprint density at radius 3 is 2.93 bits per heavy atom. The monoisotopic (exact) mass is 530 g/mol. The number of guanidine groups is 1. The first kappa shape index (κ1) is 22.3. The van der Waals surface area contributed by atoms with Crippen molar-refractivity contribution in [2.24, 2.45) is 4.99 Å². The van der Waals surface area contributed by atoms with E-state index in [1.165, 1.54) is 12.8 Å². The van der Waals surface area contributed by atoms with Crippen molar-refractivity contribution in [3.8, 4) is 11.4 Å². The van der Waals surface area contributed by atoms with E-state index in [4.69, 9.17) is 16.1 Å². The molecule has 0 amide bonds. The lowest BCUT2D eigenvalue weighted by atomic mass is 10.2. The summed E-state index contributed by atoms with van der Waals surface area (Å²) < 4.78 is 5.36. The molecule has 2 aliphatic rings. The number of aromatic nitrogens is 2. The maximum atomic E-state index is 6.04. The van der Waals surface area contributed by atoms with Crippen LogP contribution in [0.4, 0.5) is 0 Å². The SMILES string of the molecule is CCNC(=NCc1nc(-c2cccc(Cl)c2)no1)NC1CC(C)N(C2CC2)C1.I. The lowest BCUT2D eigenvalue weighted by Gasteiger charge is -2.20. The molecular formula is C20H28ClIN6O. The van der Waals surface area contributed by atoms with Crippen LogP contribution in [0.5, 0.6) is 0 Å². The van der Waals surface area contributed by atoms with Crippen LogP contribution in [0.2, 0.25) is 5.02 Å². The summed E-state index contributed by atoms with van der Waals surface area (Å²) in [5.74, 6) is 1.79. The fourth-order valence-electron chi connectivity index (χ4n) is 3.80. The molecule has 2 N–H and O–H groups in total. The van der Waals surface area contributed by atoms with Gasteiger partial charge in [0.15, 0.2) is 5.96 Å². The van der Waals surface area contributed by atoms with Crippen LogP contribution in [0, 0.1) is 0 Å². The first-order valence-corrected chi connectivity index (χ1v) is 10.4. The topological polar surface area (TPSA) is 78.6 Å². The van der Waals surface area contributed by atoms with E-state index in [-0.39, 0.29) is 24.0 Å². The van der Waals surface area contributed by atoms with Crippen LogP contribution in [0.15, 0.2) is 33.8 Å². The Kier molecular flexibility index (Phi) is 7.75. The molecular weight excluding hydrogens is 503 g/mol. The van der Waals surface area contributed by atoms with Crippen molar-refractivity contribution in [3.05, 3.63) is 35.2 Å². The van der Waals surface area contributed by atoms with Crippen molar-refractivity contribution in [2.75, 3.05) is 13.1 Å². The first-order valence-electron chi connectivity index (χ1n) is 10.0. The summed E-state index contributed by atoms with van der Waals surface area (Å²) in [6.07, 6.45) is 3.83. The molecule has 1 aliphatic carbocycles. The van der Waals surface area contributed by atoms with E-state index in [1.807, 2.05) is 24.3 Å². The normalized spacial score (nSPS) is 22.4. The van der Waals surface area contributed by atoms with E-state index in [0.717, 1.165) is 37.1 Å². The summed E-state index contributed by atoms with van der Waals surface area (Å²) in [6.45, 7) is 6.60. The van der Waals surface area contributed by atoms with Crippen LogP contribution in [0.25, 0.3) is 11.4 Å². The zero-order valence-electron chi connectivity index (χ0n) is 16.8. The second-order valence-electron chi connectivity index (χ2n) is 7.57. The van der Waals surface area contributed by atoms with Gasteiger partial charge in [-0.1, -0.05) is 28.9 Å². The standard InChI is InChI=1S/C20H27ClN6O.HI/c1-3-22-20(24-16-9-13(2)27(12-16)17-7-8-17)23-11-18-25-19(26-28-18)14-5-4-6-15(21)10-14;/h4-6,10,13,16-17H,3,7-9,11-12H2,1-2H3,(H2,22,23,24);1H. The largest absolute Gasteiger partial charge is 0.357 e. The van der Waals surface area contributed by atoms with Gasteiger partial charge in [-0.05, 0) is 45.2 Å². The average molecular weight is 531 g/mol. The molecule has 1 saturated carbocycles. The molecule has 0 spiro atoms. The zero-order valence-corrected chi connectivity index (χ0v) is 19.9. The lowest BCUT2D eigenvalue weighted by Crippen LogP contribution is -2.44. The Bertz CT molecular complexity index is 840. The molecule has 29 heavy (non-hydrogen) atoms. The Balaban J connectivity index is 0.00000240. The fourth-order valence-corrected chi connectivity index (χ4v) is 3.99. The third-order valence-corrected chi connectivity index (χ3v) is 5.48. The summed E-state index contributed by atoms with van der Waals surface area (Å²) in [4.78, 5) is 11.7. The Labute approximate surface area is 193 Å². The summed E-state index contributed by atoms with van der Waals surface area (Å²) in [6, 6.07) is 9.25. The van der Waals surface area contributed by atoms with Crippen molar-refractivity contribution in [1.82, 2.24) is 25.7 Å². The maximum Gasteiger partial charge on any atom is 0.248 e. The summed E-state index contributed by atoms with van der Waals surface area (Å²) in [5, 5.41) is 11.6. The Morgan fingerprint density at radius 2 is 2.21 bits per heavy atom. The van der Waals surface area contributed by atoms with E-state index < -0.39 is 0 Å². The number of nitrogens with zero attached hydrogens (tertiary/aromatic N) is 4. The van der Waals surface area contributed by atoms with Gasteiger partial charge in [0.2, 0.25) is 11.7 Å². The van der Waals surface area contributed by atoms with Gasteiger partial charge in [0.1, 0.15) is 6.54 Å². The van der Waals surface area contributed by atoms with E-state index in [1.54, 1.807) is 0 Å². The third kappa shape index (κ3) is 5.82. The van der Waals surface area contributed by atoms with Gasteiger partial charge in [0.25, 0.3) is 0 Å². The minimum Gasteiger partial charge on any atom is -0.357 e. The van der Waals surface area contributed by atoms with Crippen LogP contribution >= 0.6 is 35.6 Å². The molecule has 2 atom stereocenters. The fraction of sp³-hybridized carbons (Fsp3) is 0.550. The van der Waals surface area contributed by atoms with Crippen molar-refractivity contribution in [1.29, 1.82) is 0 Å². The molecule has 1 saturated heterocycles. The highest BCUT2D eigenvalue weighted by Crippen LogP contribution is 2.33. The summed E-state index contributed by atoms with van der Waals surface area (Å²) in [7, 11) is 0. The van der Waals surface area contributed by atoms with Gasteiger partial charge in [-0.15, -0.1) is 24.0 Å². The minimum atomic E-state index is 0. The van der Waals surface area contributed by atoms with Gasteiger partial charge < -0.3 is 15.2 Å². The highest BCUT2D eigenvalue weighted by molar-refractivity contribution is 14.0. The van der Waals surface area contributed by atoms with E-state index >= 15 is 0 Å². The van der Waals surface area contributed by atoms with Crippen molar-refractivity contribution < 1.29 is 4.52 Å². The van der Waals surface area contributed by atoms with E-state index in [2.05, 4.69) is 44.5 Å². The van der Waals surface area contributed by atoms with Crippen LogP contribution < -0.4 is 10.6 Å². The number of hydrogen-bond donors (Lipinski definition) is 2. The quantitative estimate of drug-likeness (QED) is 0.337. The lowest BCUT2D eigenvalue weighted by molar-refractivity contribution is 0.256. The van der Waals surface area contributed by atoms with Gasteiger partial charge in [0, 0.05) is 41.8 Å². The van der Waals surface area contributed by atoms with Crippen LogP contribution in [-0.2, 0) is 6.54 Å². The van der Waals surface area contributed by atoms with Gasteiger partial charge >= 0.3 is 0 Å². The van der Waals surface area contributed by atoms with Crippen LogP contribution in [0.3, 0.4) is 0 Å². The molecule has 158 valence electrons. The maximum absolute atomic E-state index is 6.04. The van der Waals surface area contributed by atoms with Crippen molar-refractivity contribution in [3.63, 3.8) is 0 Å².